The van der Waals surface area contributed by atoms with Gasteiger partial charge in [0, 0.05) is 17.8 Å². The molecule has 0 saturated carbocycles. The first-order chi connectivity index (χ1) is 13.6. The van der Waals surface area contributed by atoms with Gasteiger partial charge in [-0.2, -0.15) is 18.2 Å². The van der Waals surface area contributed by atoms with E-state index >= 15 is 0 Å². The van der Waals surface area contributed by atoms with Gasteiger partial charge in [0.25, 0.3) is 0 Å². The van der Waals surface area contributed by atoms with Crippen LogP contribution in [0.1, 0.15) is 17.0 Å². The lowest BCUT2D eigenvalue weighted by atomic mass is 10.1. The van der Waals surface area contributed by atoms with E-state index in [1.54, 1.807) is 6.07 Å². The van der Waals surface area contributed by atoms with Crippen molar-refractivity contribution in [3.8, 4) is 11.4 Å². The molecule has 0 bridgehead atoms. The summed E-state index contributed by atoms with van der Waals surface area (Å²) in [7, 11) is -3.78. The van der Waals surface area contributed by atoms with Crippen LogP contribution in [0.25, 0.3) is 11.4 Å². The molecule has 2 N–H and O–H groups in total. The number of alkyl halides is 3. The average Bonchev–Trinajstić information content (AvgIpc) is 3.28. The first-order valence-corrected chi connectivity index (χ1v) is 10.1. The van der Waals surface area contributed by atoms with Crippen LogP contribution >= 0.6 is 0 Å². The summed E-state index contributed by atoms with van der Waals surface area (Å²) in [5.41, 5.74) is 1.06. The van der Waals surface area contributed by atoms with Crippen molar-refractivity contribution in [3.63, 3.8) is 0 Å². The highest BCUT2D eigenvalue weighted by molar-refractivity contribution is 7.89. The third kappa shape index (κ3) is 3.96. The molecule has 0 amide bonds. The van der Waals surface area contributed by atoms with E-state index in [1.807, 2.05) is 4.90 Å². The van der Waals surface area contributed by atoms with Gasteiger partial charge < -0.3 is 9.42 Å². The SMILES string of the molecule is NS(=O)(=O)c1ccc2c(c1)CCN2Cc1nc(-c2cccc(C(F)(F)F)c2)no1. The van der Waals surface area contributed by atoms with E-state index < -0.39 is 21.8 Å². The number of fused-ring (bicyclic) bond motifs is 1. The van der Waals surface area contributed by atoms with Crippen LogP contribution in [0, 0.1) is 0 Å². The topological polar surface area (TPSA) is 102 Å². The zero-order valence-electron chi connectivity index (χ0n) is 14.8. The summed E-state index contributed by atoms with van der Waals surface area (Å²) in [6, 6.07) is 9.32. The van der Waals surface area contributed by atoms with Crippen molar-refractivity contribution >= 4 is 15.7 Å². The fraction of sp³-hybridized carbons (Fsp3) is 0.222. The second-order valence-electron chi connectivity index (χ2n) is 6.60. The Hall–Kier alpha value is -2.92. The molecule has 1 aliphatic rings. The molecule has 2 heterocycles. The Balaban J connectivity index is 1.55. The summed E-state index contributed by atoms with van der Waals surface area (Å²) in [6.45, 7) is 0.846. The van der Waals surface area contributed by atoms with Gasteiger partial charge in [0.05, 0.1) is 17.0 Å². The molecule has 0 fully saturated rings. The van der Waals surface area contributed by atoms with Gasteiger partial charge in [0.1, 0.15) is 0 Å². The second-order valence-corrected chi connectivity index (χ2v) is 8.16. The minimum Gasteiger partial charge on any atom is -0.362 e. The maximum atomic E-state index is 12.9. The van der Waals surface area contributed by atoms with Gasteiger partial charge in [-0.1, -0.05) is 17.3 Å². The normalized spacial score (nSPS) is 14.3. The fourth-order valence-electron chi connectivity index (χ4n) is 3.22. The van der Waals surface area contributed by atoms with Crippen LogP contribution in [-0.4, -0.2) is 25.1 Å². The van der Waals surface area contributed by atoms with E-state index in [2.05, 4.69) is 10.1 Å². The quantitative estimate of drug-likeness (QED) is 0.691. The Morgan fingerprint density at radius 2 is 1.97 bits per heavy atom. The first-order valence-electron chi connectivity index (χ1n) is 8.52. The van der Waals surface area contributed by atoms with Crippen LogP contribution < -0.4 is 10.0 Å². The molecule has 0 saturated heterocycles. The standard InChI is InChI=1S/C18H15F3N4O3S/c19-18(20,21)13-3-1-2-12(8-13)17-23-16(28-24-17)10-25-7-6-11-9-14(29(22,26)27)4-5-15(11)25/h1-5,8-9H,6-7,10H2,(H2,22,26,27). The monoisotopic (exact) mass is 424 g/mol. The molecule has 0 radical (unpaired) electrons. The number of nitrogens with zero attached hydrogens (tertiary/aromatic N) is 3. The zero-order chi connectivity index (χ0) is 20.8. The molecule has 0 atom stereocenters. The van der Waals surface area contributed by atoms with Crippen molar-refractivity contribution in [2.45, 2.75) is 24.0 Å². The van der Waals surface area contributed by atoms with Crippen molar-refractivity contribution in [1.82, 2.24) is 10.1 Å². The van der Waals surface area contributed by atoms with Crippen LogP contribution in [0.15, 0.2) is 51.9 Å². The summed E-state index contributed by atoms with van der Waals surface area (Å²) < 4.78 is 66.8. The van der Waals surface area contributed by atoms with E-state index in [4.69, 9.17) is 9.66 Å². The van der Waals surface area contributed by atoms with Crippen molar-refractivity contribution in [2.75, 3.05) is 11.4 Å². The molecule has 1 aromatic heterocycles. The average molecular weight is 424 g/mol. The van der Waals surface area contributed by atoms with Crippen LogP contribution in [0.5, 0.6) is 0 Å². The molecule has 7 nitrogen and oxygen atoms in total. The predicted molar refractivity (Wildman–Crippen MR) is 97.3 cm³/mol. The van der Waals surface area contributed by atoms with E-state index in [9.17, 15) is 21.6 Å². The highest BCUT2D eigenvalue weighted by Gasteiger charge is 2.31. The lowest BCUT2D eigenvalue weighted by Gasteiger charge is -2.16. The molecule has 29 heavy (non-hydrogen) atoms. The summed E-state index contributed by atoms with van der Waals surface area (Å²) in [6.07, 6.45) is -3.84. The molecule has 11 heteroatoms. The molecular weight excluding hydrogens is 409 g/mol. The van der Waals surface area contributed by atoms with Gasteiger partial charge in [0.15, 0.2) is 0 Å². The molecule has 152 valence electrons. The fourth-order valence-corrected chi connectivity index (χ4v) is 3.79. The largest absolute Gasteiger partial charge is 0.416 e. The van der Waals surface area contributed by atoms with E-state index in [0.717, 1.165) is 23.4 Å². The van der Waals surface area contributed by atoms with E-state index in [-0.39, 0.29) is 28.7 Å². The number of benzene rings is 2. The number of sulfonamides is 1. The highest BCUT2D eigenvalue weighted by Crippen LogP contribution is 2.33. The van der Waals surface area contributed by atoms with E-state index in [1.165, 1.54) is 24.3 Å². The molecule has 1 aliphatic heterocycles. The van der Waals surface area contributed by atoms with Crippen LogP contribution in [0.2, 0.25) is 0 Å². The molecule has 0 unspecified atom stereocenters. The predicted octanol–water partition coefficient (Wildman–Crippen LogP) is 2.97. The zero-order valence-corrected chi connectivity index (χ0v) is 15.7. The number of nitrogens with two attached hydrogens (primary N) is 1. The lowest BCUT2D eigenvalue weighted by Crippen LogP contribution is -2.20. The minimum atomic E-state index is -4.46. The number of rotatable bonds is 4. The first kappa shape index (κ1) is 19.4. The molecule has 3 aromatic rings. The van der Waals surface area contributed by atoms with Gasteiger partial charge >= 0.3 is 6.18 Å². The number of halogens is 3. The maximum absolute atomic E-state index is 12.9. The van der Waals surface area contributed by atoms with Gasteiger partial charge in [-0.15, -0.1) is 0 Å². The maximum Gasteiger partial charge on any atom is 0.416 e. The third-order valence-corrected chi connectivity index (χ3v) is 5.52. The van der Waals surface area contributed by atoms with Crippen molar-refractivity contribution in [3.05, 3.63) is 59.5 Å². The highest BCUT2D eigenvalue weighted by atomic mass is 32.2. The third-order valence-electron chi connectivity index (χ3n) is 4.61. The Bertz CT molecular complexity index is 1180. The van der Waals surface area contributed by atoms with Crippen molar-refractivity contribution in [2.24, 2.45) is 5.14 Å². The summed E-state index contributed by atoms with van der Waals surface area (Å²) in [5, 5.41) is 8.94. The van der Waals surface area contributed by atoms with Gasteiger partial charge in [-0.3, -0.25) is 0 Å². The van der Waals surface area contributed by atoms with Crippen molar-refractivity contribution in [1.29, 1.82) is 0 Å². The van der Waals surface area contributed by atoms with Crippen LogP contribution in [0.4, 0.5) is 18.9 Å². The number of hydrogen-bond donors (Lipinski definition) is 1. The van der Waals surface area contributed by atoms with Crippen LogP contribution in [0.3, 0.4) is 0 Å². The van der Waals surface area contributed by atoms with Gasteiger partial charge in [0.2, 0.25) is 21.7 Å². The van der Waals surface area contributed by atoms with Gasteiger partial charge in [-0.25, -0.2) is 13.6 Å². The molecule has 0 aliphatic carbocycles. The molecular formula is C18H15F3N4O3S. The van der Waals surface area contributed by atoms with Gasteiger partial charge in [-0.05, 0) is 42.3 Å². The van der Waals surface area contributed by atoms with E-state index in [0.29, 0.717) is 13.0 Å². The Kier molecular flexibility index (Phi) is 4.58. The molecule has 4 rings (SSSR count). The number of hydrogen-bond acceptors (Lipinski definition) is 6. The Morgan fingerprint density at radius 3 is 2.69 bits per heavy atom. The Morgan fingerprint density at radius 1 is 1.17 bits per heavy atom. The summed E-state index contributed by atoms with van der Waals surface area (Å²) in [5.74, 6) is 0.302. The van der Waals surface area contributed by atoms with Crippen molar-refractivity contribution < 1.29 is 26.1 Å². The minimum absolute atomic E-state index is 0.0442. The summed E-state index contributed by atoms with van der Waals surface area (Å²) >= 11 is 0. The molecule has 0 spiro atoms. The summed E-state index contributed by atoms with van der Waals surface area (Å²) in [4.78, 5) is 6.16. The number of primary sulfonamides is 1. The molecule has 2 aromatic carbocycles. The number of aromatic nitrogens is 2. The Labute approximate surface area is 164 Å². The van der Waals surface area contributed by atoms with Crippen LogP contribution in [-0.2, 0) is 29.2 Å². The second kappa shape index (κ2) is 6.85. The number of anilines is 1. The smallest absolute Gasteiger partial charge is 0.362 e. The lowest BCUT2D eigenvalue weighted by molar-refractivity contribution is -0.137.